The van der Waals surface area contributed by atoms with Gasteiger partial charge in [-0.15, -0.1) is 10.2 Å². The number of halogens is 1. The Kier molecular flexibility index (Phi) is 7.59. The molecule has 164 valence electrons. The number of hydrogen-bond acceptors (Lipinski definition) is 6. The van der Waals surface area contributed by atoms with Gasteiger partial charge in [-0.1, -0.05) is 36.7 Å². The molecule has 0 spiro atoms. The van der Waals surface area contributed by atoms with Gasteiger partial charge in [0.05, 0.1) is 13.2 Å². The average Bonchev–Trinajstić information content (AvgIpc) is 3.24. The molecule has 0 bridgehead atoms. The molecule has 0 radical (unpaired) electrons. The van der Waals surface area contributed by atoms with E-state index in [1.54, 1.807) is 19.2 Å². The van der Waals surface area contributed by atoms with Crippen molar-refractivity contribution in [2.45, 2.75) is 25.4 Å². The van der Waals surface area contributed by atoms with Crippen LogP contribution in [0, 0.1) is 0 Å². The van der Waals surface area contributed by atoms with Crippen molar-refractivity contribution in [3.8, 4) is 17.1 Å². The van der Waals surface area contributed by atoms with Gasteiger partial charge in [-0.2, -0.15) is 4.80 Å². The molecule has 0 fully saturated rings. The van der Waals surface area contributed by atoms with Crippen molar-refractivity contribution < 1.29 is 9.53 Å². The lowest BCUT2D eigenvalue weighted by atomic mass is 10.0. The third-order valence-corrected chi connectivity index (χ3v) is 5.34. The summed E-state index contributed by atoms with van der Waals surface area (Å²) in [6.07, 6.45) is 0.531. The molecule has 0 aliphatic heterocycles. The van der Waals surface area contributed by atoms with Crippen molar-refractivity contribution >= 4 is 17.5 Å². The molecule has 1 N–H and O–H groups in total. The van der Waals surface area contributed by atoms with Crippen molar-refractivity contribution in [2.24, 2.45) is 0 Å². The van der Waals surface area contributed by atoms with E-state index in [0.29, 0.717) is 23.8 Å². The largest absolute Gasteiger partial charge is 0.496 e. The highest BCUT2D eigenvalue weighted by Crippen LogP contribution is 2.27. The maximum atomic E-state index is 13.0. The number of aromatic nitrogens is 4. The van der Waals surface area contributed by atoms with E-state index < -0.39 is 6.04 Å². The molecule has 0 saturated carbocycles. The summed E-state index contributed by atoms with van der Waals surface area (Å²) in [6, 6.07) is 14.4. The molecule has 0 aliphatic carbocycles. The van der Waals surface area contributed by atoms with E-state index in [1.807, 2.05) is 62.3 Å². The van der Waals surface area contributed by atoms with Crippen LogP contribution in [0.1, 0.15) is 31.0 Å². The van der Waals surface area contributed by atoms with Gasteiger partial charge < -0.3 is 15.0 Å². The number of likely N-dealkylation sites (N-methyl/N-ethyl adjacent to an activating group) is 1. The number of amides is 1. The van der Waals surface area contributed by atoms with Gasteiger partial charge in [0.15, 0.2) is 6.04 Å². The first-order valence-corrected chi connectivity index (χ1v) is 10.4. The molecule has 2 aromatic carbocycles. The number of methoxy groups -OCH3 is 1. The number of rotatable bonds is 9. The minimum atomic E-state index is -0.561. The lowest BCUT2D eigenvalue weighted by molar-refractivity contribution is -0.125. The average molecular weight is 443 g/mol. The van der Waals surface area contributed by atoms with Crippen LogP contribution in [0.25, 0.3) is 11.4 Å². The molecule has 1 aromatic heterocycles. The fraction of sp³-hybridized carbons (Fsp3) is 0.364. The number of carbonyl (C=O) groups excluding carboxylic acids is 1. The van der Waals surface area contributed by atoms with E-state index in [2.05, 4.69) is 20.7 Å². The van der Waals surface area contributed by atoms with Crippen LogP contribution in [0.2, 0.25) is 5.02 Å². The SMILES string of the molecule is CCC(C(=O)NCC(c1ccccc1OC)N(C)C)n1nnc(-c2ccc(Cl)cc2)n1. The maximum absolute atomic E-state index is 13.0. The Morgan fingerprint density at radius 1 is 1.19 bits per heavy atom. The first-order chi connectivity index (χ1) is 14.9. The predicted molar refractivity (Wildman–Crippen MR) is 120 cm³/mol. The molecular formula is C22H27ClN6O2. The summed E-state index contributed by atoms with van der Waals surface area (Å²) in [5.41, 5.74) is 1.79. The smallest absolute Gasteiger partial charge is 0.246 e. The first kappa shape index (κ1) is 22.7. The van der Waals surface area contributed by atoms with Crippen molar-refractivity contribution in [2.75, 3.05) is 27.7 Å². The summed E-state index contributed by atoms with van der Waals surface area (Å²) in [5, 5.41) is 16.3. The molecule has 1 heterocycles. The van der Waals surface area contributed by atoms with E-state index in [-0.39, 0.29) is 11.9 Å². The lowest BCUT2D eigenvalue weighted by Crippen LogP contribution is -2.39. The predicted octanol–water partition coefficient (Wildman–Crippen LogP) is 3.37. The zero-order valence-electron chi connectivity index (χ0n) is 18.1. The Morgan fingerprint density at radius 3 is 2.55 bits per heavy atom. The van der Waals surface area contributed by atoms with Crippen LogP contribution in [-0.4, -0.2) is 58.8 Å². The second-order valence-electron chi connectivity index (χ2n) is 7.33. The summed E-state index contributed by atoms with van der Waals surface area (Å²) in [7, 11) is 5.59. The molecular weight excluding hydrogens is 416 g/mol. The molecule has 31 heavy (non-hydrogen) atoms. The second-order valence-corrected chi connectivity index (χ2v) is 7.77. The number of hydrogen-bond donors (Lipinski definition) is 1. The van der Waals surface area contributed by atoms with E-state index in [0.717, 1.165) is 16.9 Å². The number of nitrogens with zero attached hydrogens (tertiary/aromatic N) is 5. The number of ether oxygens (including phenoxy) is 1. The van der Waals surface area contributed by atoms with Gasteiger partial charge in [0.2, 0.25) is 11.7 Å². The van der Waals surface area contributed by atoms with Gasteiger partial charge in [-0.3, -0.25) is 4.79 Å². The van der Waals surface area contributed by atoms with Crippen molar-refractivity contribution in [1.82, 2.24) is 30.4 Å². The van der Waals surface area contributed by atoms with Crippen LogP contribution < -0.4 is 10.1 Å². The molecule has 2 atom stereocenters. The summed E-state index contributed by atoms with van der Waals surface area (Å²) < 4.78 is 5.49. The zero-order chi connectivity index (χ0) is 22.4. The van der Waals surface area contributed by atoms with Crippen LogP contribution in [0.15, 0.2) is 48.5 Å². The Bertz CT molecular complexity index is 1010. The number of benzene rings is 2. The quantitative estimate of drug-likeness (QED) is 0.546. The van der Waals surface area contributed by atoms with Gasteiger partial charge in [0.25, 0.3) is 0 Å². The maximum Gasteiger partial charge on any atom is 0.246 e. The third-order valence-electron chi connectivity index (χ3n) is 5.09. The molecule has 9 heteroatoms. The minimum absolute atomic E-state index is 0.0501. The van der Waals surface area contributed by atoms with Crippen molar-refractivity contribution in [3.63, 3.8) is 0 Å². The molecule has 3 aromatic rings. The summed E-state index contributed by atoms with van der Waals surface area (Å²) in [5.74, 6) is 1.07. The van der Waals surface area contributed by atoms with Crippen molar-refractivity contribution in [3.05, 3.63) is 59.1 Å². The Balaban J connectivity index is 1.73. The van der Waals surface area contributed by atoms with Gasteiger partial charge in [0.1, 0.15) is 5.75 Å². The Morgan fingerprint density at radius 2 is 1.90 bits per heavy atom. The highest BCUT2D eigenvalue weighted by Gasteiger charge is 2.25. The molecule has 3 rings (SSSR count). The first-order valence-electron chi connectivity index (χ1n) is 10.1. The fourth-order valence-electron chi connectivity index (χ4n) is 3.35. The fourth-order valence-corrected chi connectivity index (χ4v) is 3.48. The molecule has 2 unspecified atom stereocenters. The summed E-state index contributed by atoms with van der Waals surface area (Å²) >= 11 is 5.94. The Labute approximate surface area is 187 Å². The highest BCUT2D eigenvalue weighted by molar-refractivity contribution is 6.30. The van der Waals surface area contributed by atoms with Crippen LogP contribution in [0.3, 0.4) is 0 Å². The van der Waals surface area contributed by atoms with E-state index >= 15 is 0 Å². The number of carbonyl (C=O) groups is 1. The highest BCUT2D eigenvalue weighted by atomic mass is 35.5. The van der Waals surface area contributed by atoms with Gasteiger partial charge in [-0.05, 0) is 56.1 Å². The number of nitrogens with one attached hydrogen (secondary N) is 1. The minimum Gasteiger partial charge on any atom is -0.496 e. The van der Waals surface area contributed by atoms with Crippen LogP contribution in [-0.2, 0) is 4.79 Å². The number of tetrazole rings is 1. The van der Waals surface area contributed by atoms with E-state index in [1.165, 1.54) is 4.80 Å². The normalized spacial score (nSPS) is 13.1. The number of para-hydroxylation sites is 1. The molecule has 0 saturated heterocycles. The van der Waals surface area contributed by atoms with E-state index in [4.69, 9.17) is 16.3 Å². The van der Waals surface area contributed by atoms with Crippen LogP contribution in [0.4, 0.5) is 0 Å². The van der Waals surface area contributed by atoms with Crippen LogP contribution in [0.5, 0.6) is 5.75 Å². The Hall–Kier alpha value is -2.97. The zero-order valence-corrected chi connectivity index (χ0v) is 18.9. The molecule has 8 nitrogen and oxygen atoms in total. The molecule has 0 aliphatic rings. The summed E-state index contributed by atoms with van der Waals surface area (Å²) in [6.45, 7) is 2.33. The van der Waals surface area contributed by atoms with Crippen molar-refractivity contribution in [1.29, 1.82) is 0 Å². The van der Waals surface area contributed by atoms with Gasteiger partial charge in [0, 0.05) is 22.7 Å². The third kappa shape index (κ3) is 5.39. The standard InChI is InChI=1S/C22H27ClN6O2/c1-5-18(29-26-21(25-27-29)15-10-12-16(23)13-11-15)22(30)24-14-19(28(2)3)17-8-6-7-9-20(17)31-4/h6-13,18-19H,5,14H2,1-4H3,(H,24,30). The van der Waals surface area contributed by atoms with E-state index in [9.17, 15) is 4.79 Å². The van der Waals surface area contributed by atoms with Crippen LogP contribution >= 0.6 is 11.6 Å². The van der Waals surface area contributed by atoms with Gasteiger partial charge in [-0.25, -0.2) is 0 Å². The monoisotopic (exact) mass is 442 g/mol. The molecule has 1 amide bonds. The summed E-state index contributed by atoms with van der Waals surface area (Å²) in [4.78, 5) is 16.4. The lowest BCUT2D eigenvalue weighted by Gasteiger charge is -2.27. The second kappa shape index (κ2) is 10.4. The topological polar surface area (TPSA) is 85.2 Å². The van der Waals surface area contributed by atoms with Gasteiger partial charge >= 0.3 is 0 Å².